The molecule has 0 spiro atoms. The van der Waals surface area contributed by atoms with E-state index in [1.807, 2.05) is 0 Å². The second-order valence-electron chi connectivity index (χ2n) is 4.55. The van der Waals surface area contributed by atoms with Gasteiger partial charge < -0.3 is 0 Å². The van der Waals surface area contributed by atoms with Crippen molar-refractivity contribution < 1.29 is 8.42 Å². The van der Waals surface area contributed by atoms with Crippen LogP contribution in [-0.4, -0.2) is 30.8 Å². The van der Waals surface area contributed by atoms with Crippen molar-refractivity contribution in [1.82, 2.24) is 9.29 Å². The zero-order valence-electron chi connectivity index (χ0n) is 10.1. The summed E-state index contributed by atoms with van der Waals surface area (Å²) >= 11 is 5.84. The molecule has 7 heteroatoms. The molecule has 1 N–H and O–H groups in total. The average molecular weight is 290 g/mol. The van der Waals surface area contributed by atoms with Crippen LogP contribution in [0, 0.1) is 5.92 Å². The first-order valence-corrected chi connectivity index (χ1v) is 7.69. The SMILES string of the molecule is CC1CCCN(S(=O)(=O)Nc2cccnc2Cl)C1. The number of piperidine rings is 1. The van der Waals surface area contributed by atoms with E-state index in [0.717, 1.165) is 12.8 Å². The fourth-order valence-electron chi connectivity index (χ4n) is 2.03. The molecule has 18 heavy (non-hydrogen) atoms. The van der Waals surface area contributed by atoms with Gasteiger partial charge in [0.2, 0.25) is 0 Å². The fraction of sp³-hybridized carbons (Fsp3) is 0.545. The normalized spacial score (nSPS) is 21.8. The molecule has 1 aromatic rings. The highest BCUT2D eigenvalue weighted by Crippen LogP contribution is 2.23. The van der Waals surface area contributed by atoms with E-state index in [-0.39, 0.29) is 5.15 Å². The molecule has 1 saturated heterocycles. The molecule has 2 heterocycles. The van der Waals surface area contributed by atoms with Crippen molar-refractivity contribution in [2.75, 3.05) is 17.8 Å². The molecule has 0 aromatic carbocycles. The second kappa shape index (κ2) is 5.42. The van der Waals surface area contributed by atoms with Crippen LogP contribution in [0.25, 0.3) is 0 Å². The first kappa shape index (κ1) is 13.6. The van der Waals surface area contributed by atoms with Crippen LogP contribution in [0.5, 0.6) is 0 Å². The lowest BCUT2D eigenvalue weighted by atomic mass is 10.0. The first-order valence-electron chi connectivity index (χ1n) is 5.87. The van der Waals surface area contributed by atoms with Crippen LogP contribution < -0.4 is 4.72 Å². The fourth-order valence-corrected chi connectivity index (χ4v) is 3.64. The van der Waals surface area contributed by atoms with E-state index in [1.54, 1.807) is 12.1 Å². The summed E-state index contributed by atoms with van der Waals surface area (Å²) in [4.78, 5) is 3.84. The molecular formula is C11H16ClN3O2S. The van der Waals surface area contributed by atoms with Crippen LogP contribution in [0.3, 0.4) is 0 Å². The quantitative estimate of drug-likeness (QED) is 0.867. The minimum absolute atomic E-state index is 0.158. The Morgan fingerprint density at radius 1 is 1.56 bits per heavy atom. The minimum Gasteiger partial charge on any atom is -0.268 e. The van der Waals surface area contributed by atoms with Crippen LogP contribution in [0.1, 0.15) is 19.8 Å². The number of nitrogens with one attached hydrogen (secondary N) is 1. The molecule has 5 nitrogen and oxygen atoms in total. The van der Waals surface area contributed by atoms with Gasteiger partial charge in [-0.2, -0.15) is 12.7 Å². The zero-order valence-corrected chi connectivity index (χ0v) is 11.7. The molecule has 100 valence electrons. The van der Waals surface area contributed by atoms with Gasteiger partial charge >= 0.3 is 10.2 Å². The Morgan fingerprint density at radius 2 is 2.33 bits per heavy atom. The third-order valence-corrected chi connectivity index (χ3v) is 4.75. The maximum absolute atomic E-state index is 12.2. The maximum atomic E-state index is 12.2. The lowest BCUT2D eigenvalue weighted by Gasteiger charge is -2.30. The van der Waals surface area contributed by atoms with Crippen LogP contribution in [0.4, 0.5) is 5.69 Å². The average Bonchev–Trinajstić information content (AvgIpc) is 2.32. The molecule has 0 amide bonds. The van der Waals surface area contributed by atoms with Gasteiger partial charge in [0, 0.05) is 19.3 Å². The topological polar surface area (TPSA) is 62.3 Å². The lowest BCUT2D eigenvalue weighted by Crippen LogP contribution is -2.42. The van der Waals surface area contributed by atoms with Gasteiger partial charge in [-0.05, 0) is 30.9 Å². The number of halogens is 1. The Balaban J connectivity index is 2.14. The van der Waals surface area contributed by atoms with Crippen LogP contribution in [0.15, 0.2) is 18.3 Å². The standard InChI is InChI=1S/C11H16ClN3O2S/c1-9-4-3-7-15(8-9)18(16,17)14-10-5-2-6-13-11(10)12/h2,5-6,9,14H,3-4,7-8H2,1H3. The van der Waals surface area contributed by atoms with E-state index < -0.39 is 10.2 Å². The Bertz CT molecular complexity index is 521. The van der Waals surface area contributed by atoms with Crippen LogP contribution in [-0.2, 0) is 10.2 Å². The van der Waals surface area contributed by atoms with Gasteiger partial charge in [0.05, 0.1) is 5.69 Å². The van der Waals surface area contributed by atoms with E-state index in [1.165, 1.54) is 10.5 Å². The number of rotatable bonds is 3. The summed E-state index contributed by atoms with van der Waals surface area (Å²) < 4.78 is 28.3. The molecule has 0 saturated carbocycles. The molecule has 0 bridgehead atoms. The summed E-state index contributed by atoms with van der Waals surface area (Å²) in [5.41, 5.74) is 0.317. The van der Waals surface area contributed by atoms with E-state index in [4.69, 9.17) is 11.6 Å². The van der Waals surface area contributed by atoms with E-state index in [9.17, 15) is 8.42 Å². The van der Waals surface area contributed by atoms with Crippen molar-refractivity contribution in [3.05, 3.63) is 23.5 Å². The molecule has 1 fully saturated rings. The summed E-state index contributed by atoms with van der Waals surface area (Å²) in [7, 11) is -3.53. The van der Waals surface area contributed by atoms with Crippen molar-refractivity contribution in [3.63, 3.8) is 0 Å². The molecule has 1 atom stereocenters. The highest BCUT2D eigenvalue weighted by Gasteiger charge is 2.27. The van der Waals surface area contributed by atoms with Crippen LogP contribution in [0.2, 0.25) is 5.15 Å². The lowest BCUT2D eigenvalue weighted by molar-refractivity contribution is 0.282. The predicted molar refractivity (Wildman–Crippen MR) is 71.8 cm³/mol. The van der Waals surface area contributed by atoms with Gasteiger partial charge in [0.15, 0.2) is 5.15 Å². The summed E-state index contributed by atoms with van der Waals surface area (Å²) in [5.74, 6) is 0.389. The number of nitrogens with zero attached hydrogens (tertiary/aromatic N) is 2. The summed E-state index contributed by atoms with van der Waals surface area (Å²) in [6.07, 6.45) is 3.48. The highest BCUT2D eigenvalue weighted by atomic mass is 35.5. The molecular weight excluding hydrogens is 274 g/mol. The Kier molecular flexibility index (Phi) is 4.09. The minimum atomic E-state index is -3.53. The Morgan fingerprint density at radius 3 is 3.00 bits per heavy atom. The summed E-state index contributed by atoms with van der Waals surface area (Å²) in [6, 6.07) is 3.24. The summed E-state index contributed by atoms with van der Waals surface area (Å²) in [6.45, 7) is 3.16. The molecule has 1 aromatic heterocycles. The number of aromatic nitrogens is 1. The monoisotopic (exact) mass is 289 g/mol. The van der Waals surface area contributed by atoms with Crippen molar-refractivity contribution in [2.24, 2.45) is 5.92 Å². The third-order valence-electron chi connectivity index (χ3n) is 2.96. The van der Waals surface area contributed by atoms with Crippen LogP contribution >= 0.6 is 11.6 Å². The van der Waals surface area contributed by atoms with E-state index in [0.29, 0.717) is 24.7 Å². The van der Waals surface area contributed by atoms with Gasteiger partial charge in [0.25, 0.3) is 0 Å². The van der Waals surface area contributed by atoms with E-state index in [2.05, 4.69) is 16.6 Å². The molecule has 2 rings (SSSR count). The predicted octanol–water partition coefficient (Wildman–Crippen LogP) is 2.12. The number of pyridine rings is 1. The van der Waals surface area contributed by atoms with Gasteiger partial charge in [-0.15, -0.1) is 0 Å². The molecule has 1 aliphatic rings. The zero-order chi connectivity index (χ0) is 13.2. The number of hydrogen-bond acceptors (Lipinski definition) is 3. The Labute approximate surface area is 112 Å². The molecule has 0 aliphatic carbocycles. The van der Waals surface area contributed by atoms with E-state index >= 15 is 0 Å². The first-order chi connectivity index (χ1) is 8.49. The number of hydrogen-bond donors (Lipinski definition) is 1. The highest BCUT2D eigenvalue weighted by molar-refractivity contribution is 7.90. The van der Waals surface area contributed by atoms with Crippen molar-refractivity contribution >= 4 is 27.5 Å². The molecule has 0 radical (unpaired) electrons. The second-order valence-corrected chi connectivity index (χ2v) is 6.58. The number of anilines is 1. The van der Waals surface area contributed by atoms with Gasteiger partial charge in [-0.25, -0.2) is 4.98 Å². The maximum Gasteiger partial charge on any atom is 0.301 e. The van der Waals surface area contributed by atoms with Crippen molar-refractivity contribution in [3.8, 4) is 0 Å². The van der Waals surface area contributed by atoms with Crippen molar-refractivity contribution in [1.29, 1.82) is 0 Å². The largest absolute Gasteiger partial charge is 0.301 e. The summed E-state index contributed by atoms with van der Waals surface area (Å²) in [5, 5.41) is 0.158. The molecule has 1 unspecified atom stereocenters. The molecule has 1 aliphatic heterocycles. The van der Waals surface area contributed by atoms with Gasteiger partial charge in [-0.1, -0.05) is 18.5 Å². The van der Waals surface area contributed by atoms with Gasteiger partial charge in [0.1, 0.15) is 0 Å². The Hall–Kier alpha value is -0.850. The van der Waals surface area contributed by atoms with Crippen molar-refractivity contribution in [2.45, 2.75) is 19.8 Å². The smallest absolute Gasteiger partial charge is 0.268 e. The van der Waals surface area contributed by atoms with Gasteiger partial charge in [-0.3, -0.25) is 4.72 Å². The third kappa shape index (κ3) is 3.13.